The van der Waals surface area contributed by atoms with E-state index in [2.05, 4.69) is 25.1 Å². The molecule has 1 fully saturated rings. The van der Waals surface area contributed by atoms with Crippen molar-refractivity contribution in [1.82, 2.24) is 0 Å². The number of hydrogen-bond donors (Lipinski definition) is 0. The second kappa shape index (κ2) is 8.59. The predicted molar refractivity (Wildman–Crippen MR) is 109 cm³/mol. The molecule has 0 atom stereocenters. The number of fused-ring (bicyclic) bond motifs is 1. The quantitative estimate of drug-likeness (QED) is 0.459. The standard InChI is InChI=1S/C21H29O2S2/c1-2-3-4-5-8-15-25(22,23)21-12-10-18-16-20(11-9-19(18)17-21)24-13-6-7-14-24/h9-12,16-17H,2-8,13-15H2,1H3/q+1. The van der Waals surface area contributed by atoms with Crippen molar-refractivity contribution in [2.45, 2.75) is 61.7 Å². The van der Waals surface area contributed by atoms with Crippen molar-refractivity contribution in [1.29, 1.82) is 0 Å². The largest absolute Gasteiger partial charge is 0.224 e. The average Bonchev–Trinajstić information content (AvgIpc) is 3.15. The van der Waals surface area contributed by atoms with Gasteiger partial charge in [0.1, 0.15) is 11.5 Å². The Balaban J connectivity index is 1.72. The van der Waals surface area contributed by atoms with Gasteiger partial charge in [0.15, 0.2) is 14.7 Å². The highest BCUT2D eigenvalue weighted by molar-refractivity contribution is 7.97. The number of hydrogen-bond acceptors (Lipinski definition) is 2. The Morgan fingerprint density at radius 2 is 1.56 bits per heavy atom. The minimum absolute atomic E-state index is 0.268. The number of unbranched alkanes of at least 4 members (excludes halogenated alkanes) is 4. The van der Waals surface area contributed by atoms with E-state index in [-0.39, 0.29) is 5.75 Å². The highest BCUT2D eigenvalue weighted by Crippen LogP contribution is 2.28. The lowest BCUT2D eigenvalue weighted by molar-refractivity contribution is 0.587. The maximum atomic E-state index is 12.6. The Bertz CT molecular complexity index is 806. The average molecular weight is 378 g/mol. The minimum Gasteiger partial charge on any atom is -0.224 e. The summed E-state index contributed by atoms with van der Waals surface area (Å²) in [6.07, 6.45) is 7.97. The molecule has 25 heavy (non-hydrogen) atoms. The molecule has 0 bridgehead atoms. The normalized spacial score (nSPS) is 15.9. The van der Waals surface area contributed by atoms with Gasteiger partial charge in [0.05, 0.1) is 10.6 Å². The van der Waals surface area contributed by atoms with E-state index in [0.29, 0.717) is 15.8 Å². The van der Waals surface area contributed by atoms with Crippen molar-refractivity contribution in [3.05, 3.63) is 36.4 Å². The molecule has 1 saturated heterocycles. The SMILES string of the molecule is CCCCCCCS(=O)(=O)c1ccc2cc([S+]3CCCC3)ccc2c1. The summed E-state index contributed by atoms with van der Waals surface area (Å²) < 4.78 is 25.2. The molecule has 0 aliphatic carbocycles. The van der Waals surface area contributed by atoms with Crippen molar-refractivity contribution in [3.8, 4) is 0 Å². The van der Waals surface area contributed by atoms with Gasteiger partial charge < -0.3 is 0 Å². The Morgan fingerprint density at radius 3 is 2.32 bits per heavy atom. The van der Waals surface area contributed by atoms with Crippen LogP contribution in [0.2, 0.25) is 0 Å². The van der Waals surface area contributed by atoms with Gasteiger partial charge in [-0.3, -0.25) is 0 Å². The van der Waals surface area contributed by atoms with Gasteiger partial charge in [-0.2, -0.15) is 0 Å². The van der Waals surface area contributed by atoms with E-state index in [0.717, 1.165) is 24.6 Å². The Hall–Kier alpha value is -1.00. The highest BCUT2D eigenvalue weighted by atomic mass is 32.2. The molecule has 1 aliphatic rings. The molecule has 0 amide bonds. The molecule has 136 valence electrons. The third kappa shape index (κ3) is 4.79. The van der Waals surface area contributed by atoms with Crippen molar-refractivity contribution < 1.29 is 8.42 Å². The van der Waals surface area contributed by atoms with E-state index in [1.165, 1.54) is 47.5 Å². The zero-order valence-electron chi connectivity index (χ0n) is 15.2. The van der Waals surface area contributed by atoms with Crippen LogP contribution in [-0.2, 0) is 20.7 Å². The molecule has 2 aromatic carbocycles. The van der Waals surface area contributed by atoms with Crippen LogP contribution < -0.4 is 0 Å². The van der Waals surface area contributed by atoms with Crippen LogP contribution in [0, 0.1) is 0 Å². The third-order valence-corrected chi connectivity index (χ3v) is 9.31. The molecule has 4 heteroatoms. The second-order valence-electron chi connectivity index (χ2n) is 7.01. The van der Waals surface area contributed by atoms with Gasteiger partial charge in [-0.05, 0) is 54.3 Å². The smallest absolute Gasteiger partial charge is 0.178 e. The zero-order valence-corrected chi connectivity index (χ0v) is 16.8. The van der Waals surface area contributed by atoms with Crippen LogP contribution in [0.1, 0.15) is 51.9 Å². The Labute approximate surface area is 155 Å². The van der Waals surface area contributed by atoms with Crippen LogP contribution in [0.4, 0.5) is 0 Å². The lowest BCUT2D eigenvalue weighted by Gasteiger charge is -2.07. The molecule has 1 heterocycles. The molecule has 0 radical (unpaired) electrons. The fraction of sp³-hybridized carbons (Fsp3) is 0.524. The molecule has 0 saturated carbocycles. The molecule has 0 spiro atoms. The topological polar surface area (TPSA) is 34.1 Å². The fourth-order valence-electron chi connectivity index (χ4n) is 3.48. The van der Waals surface area contributed by atoms with Crippen LogP contribution in [0.25, 0.3) is 10.8 Å². The summed E-state index contributed by atoms with van der Waals surface area (Å²) in [5, 5.41) is 2.21. The first-order chi connectivity index (χ1) is 12.1. The van der Waals surface area contributed by atoms with E-state index >= 15 is 0 Å². The monoisotopic (exact) mass is 377 g/mol. The first-order valence-corrected chi connectivity index (χ1v) is 12.8. The molecule has 0 N–H and O–H groups in total. The van der Waals surface area contributed by atoms with Gasteiger partial charge in [-0.15, -0.1) is 0 Å². The fourth-order valence-corrected chi connectivity index (χ4v) is 7.22. The van der Waals surface area contributed by atoms with Gasteiger partial charge in [-0.1, -0.05) is 38.7 Å². The van der Waals surface area contributed by atoms with Crippen molar-refractivity contribution in [3.63, 3.8) is 0 Å². The number of sulfone groups is 1. The van der Waals surface area contributed by atoms with Crippen LogP contribution in [0.15, 0.2) is 46.2 Å². The van der Waals surface area contributed by atoms with Crippen molar-refractivity contribution >= 4 is 31.5 Å². The Morgan fingerprint density at radius 1 is 0.880 bits per heavy atom. The molecule has 2 aromatic rings. The number of benzene rings is 2. The molecule has 0 unspecified atom stereocenters. The first kappa shape index (κ1) is 18.8. The van der Waals surface area contributed by atoms with E-state index < -0.39 is 9.84 Å². The van der Waals surface area contributed by atoms with Gasteiger partial charge >= 0.3 is 0 Å². The molecule has 1 aliphatic heterocycles. The lowest BCUT2D eigenvalue weighted by atomic mass is 10.1. The van der Waals surface area contributed by atoms with Gasteiger partial charge in [0, 0.05) is 17.0 Å². The van der Waals surface area contributed by atoms with E-state index in [1.54, 1.807) is 6.07 Å². The summed E-state index contributed by atoms with van der Waals surface area (Å²) >= 11 is 0. The van der Waals surface area contributed by atoms with E-state index in [4.69, 9.17) is 0 Å². The van der Waals surface area contributed by atoms with Gasteiger partial charge in [0.25, 0.3) is 0 Å². The van der Waals surface area contributed by atoms with Crippen LogP contribution in [-0.4, -0.2) is 25.7 Å². The van der Waals surface area contributed by atoms with E-state index in [1.807, 2.05) is 12.1 Å². The maximum absolute atomic E-state index is 12.6. The minimum atomic E-state index is -3.16. The molecular formula is C21H29O2S2+. The summed E-state index contributed by atoms with van der Waals surface area (Å²) in [5.41, 5.74) is 0. The second-order valence-corrected chi connectivity index (χ2v) is 11.4. The summed E-state index contributed by atoms with van der Waals surface area (Å²) in [6, 6.07) is 12.2. The lowest BCUT2D eigenvalue weighted by Crippen LogP contribution is -2.07. The van der Waals surface area contributed by atoms with Crippen LogP contribution in [0.3, 0.4) is 0 Å². The summed E-state index contributed by atoms with van der Waals surface area (Å²) in [7, 11) is -2.76. The molecule has 0 aromatic heterocycles. The number of rotatable bonds is 8. The van der Waals surface area contributed by atoms with Crippen LogP contribution in [0.5, 0.6) is 0 Å². The van der Waals surface area contributed by atoms with E-state index in [9.17, 15) is 8.42 Å². The predicted octanol–water partition coefficient (Wildman–Crippen LogP) is 5.35. The molecular weight excluding hydrogens is 348 g/mol. The summed E-state index contributed by atoms with van der Waals surface area (Å²) in [4.78, 5) is 1.92. The Kier molecular flexibility index (Phi) is 6.45. The zero-order chi connectivity index (χ0) is 17.7. The first-order valence-electron chi connectivity index (χ1n) is 9.54. The molecule has 3 rings (SSSR count). The van der Waals surface area contributed by atoms with Gasteiger partial charge in [0.2, 0.25) is 0 Å². The molecule has 2 nitrogen and oxygen atoms in total. The van der Waals surface area contributed by atoms with Crippen molar-refractivity contribution in [2.24, 2.45) is 0 Å². The van der Waals surface area contributed by atoms with Crippen molar-refractivity contribution in [2.75, 3.05) is 17.3 Å². The summed E-state index contributed by atoms with van der Waals surface area (Å²) in [6.45, 7) is 2.17. The maximum Gasteiger partial charge on any atom is 0.178 e. The summed E-state index contributed by atoms with van der Waals surface area (Å²) in [5.74, 6) is 2.90. The third-order valence-electron chi connectivity index (χ3n) is 5.02. The van der Waals surface area contributed by atoms with Gasteiger partial charge in [-0.25, -0.2) is 8.42 Å². The van der Waals surface area contributed by atoms with Crippen LogP contribution >= 0.6 is 0 Å². The highest BCUT2D eigenvalue weighted by Gasteiger charge is 2.26.